The molecule has 0 bridgehead atoms. The lowest BCUT2D eigenvalue weighted by molar-refractivity contribution is -0.138. The first-order valence-electron chi connectivity index (χ1n) is 13.3. The molecule has 0 aromatic heterocycles. The Balaban J connectivity index is 1.54. The van der Waals surface area contributed by atoms with Crippen LogP contribution in [0, 0.1) is 0 Å². The average Bonchev–Trinajstić information content (AvgIpc) is 2.95. The molecule has 0 spiro atoms. The Morgan fingerprint density at radius 3 is 1.39 bits per heavy atom. The summed E-state index contributed by atoms with van der Waals surface area (Å²) < 4.78 is 92.3. The van der Waals surface area contributed by atoms with Crippen LogP contribution in [-0.2, 0) is 23.2 Å². The fourth-order valence-corrected chi connectivity index (χ4v) is 6.46. The van der Waals surface area contributed by atoms with Crippen LogP contribution in [0.4, 0.5) is 37.7 Å². The Kier molecular flexibility index (Phi) is 8.01. The van der Waals surface area contributed by atoms with Gasteiger partial charge < -0.3 is 4.90 Å². The molecule has 4 aromatic rings. The number of alkyl halides is 6. The van der Waals surface area contributed by atoms with Gasteiger partial charge in [0.15, 0.2) is 0 Å². The van der Waals surface area contributed by atoms with E-state index in [1.165, 1.54) is 24.3 Å². The second-order valence-electron chi connectivity index (χ2n) is 10.00. The summed E-state index contributed by atoms with van der Waals surface area (Å²) in [6.45, 7) is 2.80. The van der Waals surface area contributed by atoms with Crippen LogP contribution in [0.5, 0.6) is 0 Å². The third-order valence-electron chi connectivity index (χ3n) is 7.23. The number of hydrogen-bond donors (Lipinski definition) is 0. The van der Waals surface area contributed by atoms with Gasteiger partial charge in [0.25, 0.3) is 0 Å². The van der Waals surface area contributed by atoms with Crippen molar-refractivity contribution in [2.45, 2.75) is 54.8 Å². The molecule has 1 heterocycles. The van der Waals surface area contributed by atoms with Crippen LogP contribution in [0.2, 0.25) is 0 Å². The molecule has 1 aliphatic heterocycles. The number of benzene rings is 4. The largest absolute Gasteiger partial charge is 0.416 e. The number of fused-ring (bicyclic) bond motifs is 2. The molecule has 5 rings (SSSR count). The van der Waals surface area contributed by atoms with E-state index in [1.807, 2.05) is 24.3 Å². The first-order chi connectivity index (χ1) is 19.5. The van der Waals surface area contributed by atoms with E-state index in [0.717, 1.165) is 61.3 Å². The quantitative estimate of drug-likeness (QED) is 0.158. The van der Waals surface area contributed by atoms with Crippen molar-refractivity contribution in [1.82, 2.24) is 0 Å². The summed E-state index contributed by atoms with van der Waals surface area (Å²) in [5, 5.41) is 0. The highest BCUT2D eigenvalue weighted by Crippen LogP contribution is 2.45. The highest BCUT2D eigenvalue weighted by atomic mass is 32.2. The predicted octanol–water partition coefficient (Wildman–Crippen LogP) is 10.3. The van der Waals surface area contributed by atoms with E-state index < -0.39 is 34.3 Å². The van der Waals surface area contributed by atoms with Crippen LogP contribution in [0.3, 0.4) is 0 Å². The van der Waals surface area contributed by atoms with Gasteiger partial charge in [0, 0.05) is 6.54 Å². The molecule has 0 atom stereocenters. The van der Waals surface area contributed by atoms with Crippen molar-refractivity contribution < 1.29 is 30.6 Å². The molecule has 0 fully saturated rings. The summed E-state index contributed by atoms with van der Waals surface area (Å²) in [6, 6.07) is 20.5. The fraction of sp³-hybridized carbons (Fsp3) is 0.250. The molecule has 2 nitrogen and oxygen atoms in total. The van der Waals surface area contributed by atoms with E-state index in [-0.39, 0.29) is 0 Å². The Morgan fingerprint density at radius 2 is 1.00 bits per heavy atom. The van der Waals surface area contributed by atoms with Crippen molar-refractivity contribution in [2.75, 3.05) is 11.4 Å². The zero-order valence-electron chi connectivity index (χ0n) is 22.1. The van der Waals surface area contributed by atoms with Crippen molar-refractivity contribution in [3.05, 3.63) is 96.1 Å². The van der Waals surface area contributed by atoms with E-state index in [0.29, 0.717) is 38.6 Å². The van der Waals surface area contributed by atoms with Gasteiger partial charge in [-0.25, -0.2) is 4.21 Å². The lowest BCUT2D eigenvalue weighted by atomic mass is 10.0. The maximum atomic E-state index is 14.0. The molecule has 1 aliphatic rings. The monoisotopic (exact) mass is 587 g/mol. The van der Waals surface area contributed by atoms with Gasteiger partial charge >= 0.3 is 12.4 Å². The predicted molar refractivity (Wildman–Crippen MR) is 150 cm³/mol. The highest BCUT2D eigenvalue weighted by molar-refractivity contribution is 7.85. The molecular weight excluding hydrogens is 560 g/mol. The standard InChI is InChI=1S/C32H27F6NOS/c1-2-3-4-5-18-39-27-16-10-23(21-6-12-25(13-7-21)31(33,34)35)19-29(27)41(40)30-20-24(11-17-28(30)39)22-8-14-26(15-9-22)32(36,37)38/h6-17,19-20H,2-5,18H2,1H3. The SMILES string of the molecule is CCCCCCN1c2ccc(-c3ccc(C(F)(F)F)cc3)cc2S(=O)c2cc(-c3ccc(C(F)(F)F)cc3)ccc21. The molecule has 0 N–H and O–H groups in total. The molecule has 0 unspecified atom stereocenters. The molecule has 0 saturated heterocycles. The Bertz CT molecular complexity index is 1450. The average molecular weight is 588 g/mol. The van der Waals surface area contributed by atoms with E-state index in [2.05, 4.69) is 11.8 Å². The second-order valence-corrected chi connectivity index (χ2v) is 11.4. The van der Waals surface area contributed by atoms with Crippen molar-refractivity contribution in [1.29, 1.82) is 0 Å². The zero-order valence-corrected chi connectivity index (χ0v) is 23.0. The van der Waals surface area contributed by atoms with Crippen LogP contribution in [0.15, 0.2) is 94.7 Å². The van der Waals surface area contributed by atoms with Crippen molar-refractivity contribution in [2.24, 2.45) is 0 Å². The molecule has 0 radical (unpaired) electrons. The molecule has 0 aliphatic carbocycles. The molecule has 9 heteroatoms. The first-order valence-corrected chi connectivity index (χ1v) is 14.4. The van der Waals surface area contributed by atoms with Gasteiger partial charge in [-0.3, -0.25) is 0 Å². The van der Waals surface area contributed by atoms with Crippen LogP contribution in [-0.4, -0.2) is 10.8 Å². The van der Waals surface area contributed by atoms with E-state index in [1.54, 1.807) is 12.1 Å². The van der Waals surface area contributed by atoms with Gasteiger partial charge in [-0.15, -0.1) is 0 Å². The third-order valence-corrected chi connectivity index (χ3v) is 8.68. The summed E-state index contributed by atoms with van der Waals surface area (Å²) in [5.41, 5.74) is 2.46. The van der Waals surface area contributed by atoms with Gasteiger partial charge in [0.1, 0.15) is 0 Å². The van der Waals surface area contributed by atoms with Gasteiger partial charge in [0.05, 0.1) is 43.1 Å². The molecule has 0 amide bonds. The number of nitrogens with zero attached hydrogens (tertiary/aromatic N) is 1. The Hall–Kier alpha value is -3.59. The maximum absolute atomic E-state index is 14.0. The minimum atomic E-state index is -4.44. The smallest absolute Gasteiger partial charge is 0.339 e. The fourth-order valence-electron chi connectivity index (χ4n) is 5.02. The number of unbranched alkanes of at least 4 members (excludes halogenated alkanes) is 3. The normalized spacial score (nSPS) is 13.7. The van der Waals surface area contributed by atoms with Crippen LogP contribution < -0.4 is 4.90 Å². The summed E-state index contributed by atoms with van der Waals surface area (Å²) in [4.78, 5) is 3.18. The number of anilines is 2. The van der Waals surface area contributed by atoms with Crippen molar-refractivity contribution in [3.63, 3.8) is 0 Å². The van der Waals surface area contributed by atoms with Crippen LogP contribution in [0.25, 0.3) is 22.3 Å². The van der Waals surface area contributed by atoms with Gasteiger partial charge in [-0.1, -0.05) is 62.6 Å². The number of rotatable bonds is 7. The second kappa shape index (κ2) is 11.4. The van der Waals surface area contributed by atoms with Crippen LogP contribution >= 0.6 is 0 Å². The Labute approximate surface area is 237 Å². The van der Waals surface area contributed by atoms with Gasteiger partial charge in [0.2, 0.25) is 0 Å². The summed E-state index contributed by atoms with van der Waals surface area (Å²) in [5.74, 6) is 0. The van der Waals surface area contributed by atoms with E-state index in [4.69, 9.17) is 0 Å². The molecular formula is C32H27F6NOS. The summed E-state index contributed by atoms with van der Waals surface area (Å²) in [7, 11) is -1.63. The lowest BCUT2D eigenvalue weighted by Crippen LogP contribution is -2.25. The van der Waals surface area contributed by atoms with Crippen LogP contribution in [0.1, 0.15) is 43.7 Å². The maximum Gasteiger partial charge on any atom is 0.416 e. The van der Waals surface area contributed by atoms with Gasteiger partial charge in [-0.05, 0) is 77.2 Å². The minimum Gasteiger partial charge on any atom is -0.339 e. The topological polar surface area (TPSA) is 20.3 Å². The van der Waals surface area contributed by atoms with E-state index >= 15 is 0 Å². The third kappa shape index (κ3) is 6.05. The molecule has 214 valence electrons. The highest BCUT2D eigenvalue weighted by Gasteiger charge is 2.32. The van der Waals surface area contributed by atoms with Gasteiger partial charge in [-0.2, -0.15) is 26.3 Å². The zero-order chi connectivity index (χ0) is 29.4. The van der Waals surface area contributed by atoms with E-state index in [9.17, 15) is 30.6 Å². The van der Waals surface area contributed by atoms with Crippen molar-refractivity contribution in [3.8, 4) is 22.3 Å². The molecule has 4 aromatic carbocycles. The number of hydrogen-bond acceptors (Lipinski definition) is 2. The lowest BCUT2D eigenvalue weighted by Gasteiger charge is -2.33. The Morgan fingerprint density at radius 1 is 0.585 bits per heavy atom. The van der Waals surface area contributed by atoms with Crippen molar-refractivity contribution >= 4 is 22.2 Å². The minimum absolute atomic E-state index is 0.537. The number of halogens is 6. The molecule has 0 saturated carbocycles. The summed E-state index contributed by atoms with van der Waals surface area (Å²) in [6.07, 6.45) is -4.80. The first kappa shape index (κ1) is 28.9. The summed E-state index contributed by atoms with van der Waals surface area (Å²) >= 11 is 0. The molecule has 41 heavy (non-hydrogen) atoms.